The van der Waals surface area contributed by atoms with E-state index in [-0.39, 0.29) is 5.91 Å². The summed E-state index contributed by atoms with van der Waals surface area (Å²) in [6.45, 7) is 5.05. The van der Waals surface area contributed by atoms with Crippen LogP contribution in [0.15, 0.2) is 52.9 Å². The highest BCUT2D eigenvalue weighted by Gasteiger charge is 2.36. The SMILES string of the molecule is CC(C)CC1(F)CCN(C(=O)c2ccc(NSc3cccc4scnc34)cc2)CC1. The molecule has 30 heavy (non-hydrogen) atoms. The zero-order valence-electron chi connectivity index (χ0n) is 17.2. The number of piperidine rings is 1. The highest BCUT2D eigenvalue weighted by atomic mass is 32.2. The molecule has 1 fully saturated rings. The van der Waals surface area contributed by atoms with Crippen molar-refractivity contribution in [2.45, 2.75) is 43.7 Å². The van der Waals surface area contributed by atoms with Crippen molar-refractivity contribution in [3.8, 4) is 0 Å². The van der Waals surface area contributed by atoms with Crippen molar-refractivity contribution in [3.05, 3.63) is 53.5 Å². The minimum absolute atomic E-state index is 0.0203. The molecule has 7 heteroatoms. The van der Waals surface area contributed by atoms with Crippen LogP contribution in [-0.4, -0.2) is 34.5 Å². The molecule has 4 nitrogen and oxygen atoms in total. The summed E-state index contributed by atoms with van der Waals surface area (Å²) in [6.07, 6.45) is 1.42. The van der Waals surface area contributed by atoms with Crippen LogP contribution in [0, 0.1) is 5.92 Å². The van der Waals surface area contributed by atoms with Gasteiger partial charge in [-0.25, -0.2) is 9.37 Å². The van der Waals surface area contributed by atoms with Crippen molar-refractivity contribution < 1.29 is 9.18 Å². The number of fused-ring (bicyclic) bond motifs is 1. The maximum Gasteiger partial charge on any atom is 0.253 e. The Bertz CT molecular complexity index is 1010. The van der Waals surface area contributed by atoms with Gasteiger partial charge in [0.2, 0.25) is 0 Å². The largest absolute Gasteiger partial charge is 0.338 e. The van der Waals surface area contributed by atoms with Gasteiger partial charge in [0.25, 0.3) is 5.91 Å². The van der Waals surface area contributed by atoms with E-state index in [4.69, 9.17) is 0 Å². The molecule has 1 amide bonds. The Morgan fingerprint density at radius 2 is 1.97 bits per heavy atom. The highest BCUT2D eigenvalue weighted by Crippen LogP contribution is 2.33. The number of nitrogens with zero attached hydrogens (tertiary/aromatic N) is 2. The van der Waals surface area contributed by atoms with E-state index in [1.165, 1.54) is 11.9 Å². The number of thiazole rings is 1. The first-order valence-corrected chi connectivity index (χ1v) is 12.0. The van der Waals surface area contributed by atoms with Crippen LogP contribution in [0.2, 0.25) is 0 Å². The molecule has 0 unspecified atom stereocenters. The molecular weight excluding hydrogens is 417 g/mol. The number of aromatic nitrogens is 1. The van der Waals surface area contributed by atoms with Gasteiger partial charge in [0.15, 0.2) is 0 Å². The van der Waals surface area contributed by atoms with Gasteiger partial charge in [0, 0.05) is 24.3 Å². The van der Waals surface area contributed by atoms with Crippen molar-refractivity contribution in [2.24, 2.45) is 5.92 Å². The molecule has 1 N–H and O–H groups in total. The quantitative estimate of drug-likeness (QED) is 0.447. The van der Waals surface area contributed by atoms with E-state index in [9.17, 15) is 9.18 Å². The summed E-state index contributed by atoms with van der Waals surface area (Å²) in [6, 6.07) is 13.6. The van der Waals surface area contributed by atoms with E-state index in [2.05, 4.69) is 15.8 Å². The van der Waals surface area contributed by atoms with Gasteiger partial charge < -0.3 is 9.62 Å². The Labute approximate surface area is 185 Å². The minimum Gasteiger partial charge on any atom is -0.338 e. The first-order valence-electron chi connectivity index (χ1n) is 10.3. The van der Waals surface area contributed by atoms with Crippen molar-refractivity contribution >= 4 is 45.1 Å². The van der Waals surface area contributed by atoms with E-state index >= 15 is 0 Å². The summed E-state index contributed by atoms with van der Waals surface area (Å²) in [4.78, 5) is 20.1. The van der Waals surface area contributed by atoms with Gasteiger partial charge in [-0.1, -0.05) is 19.9 Å². The molecule has 2 aromatic carbocycles. The lowest BCUT2D eigenvalue weighted by Gasteiger charge is -2.37. The zero-order chi connectivity index (χ0) is 21.1. The fraction of sp³-hybridized carbons (Fsp3) is 0.391. The van der Waals surface area contributed by atoms with E-state index in [0.29, 0.717) is 43.8 Å². The van der Waals surface area contributed by atoms with Gasteiger partial charge in [0.05, 0.1) is 20.6 Å². The van der Waals surface area contributed by atoms with Crippen molar-refractivity contribution in [3.63, 3.8) is 0 Å². The number of nitrogens with one attached hydrogen (secondary N) is 1. The standard InChI is InChI=1S/C23H26FN3OS2/c1-16(2)14-23(24)10-12-27(13-11-23)22(28)17-6-8-18(9-7-17)26-30-20-5-3-4-19-21(20)25-15-29-19/h3-9,15-16,26H,10-14H2,1-2H3. The first-order chi connectivity index (χ1) is 14.4. The van der Waals surface area contributed by atoms with Crippen molar-refractivity contribution in [1.82, 2.24) is 9.88 Å². The second kappa shape index (κ2) is 8.94. The van der Waals surface area contributed by atoms with Gasteiger partial charge in [-0.3, -0.25) is 4.79 Å². The van der Waals surface area contributed by atoms with Crippen LogP contribution in [0.1, 0.15) is 43.5 Å². The maximum atomic E-state index is 14.9. The van der Waals surface area contributed by atoms with E-state index < -0.39 is 5.67 Å². The van der Waals surface area contributed by atoms with Gasteiger partial charge in [-0.05, 0) is 73.5 Å². The molecule has 1 aliphatic heterocycles. The molecule has 3 aromatic rings. The Balaban J connectivity index is 1.34. The number of hydrogen-bond donors (Lipinski definition) is 1. The summed E-state index contributed by atoms with van der Waals surface area (Å²) in [7, 11) is 0. The van der Waals surface area contributed by atoms with Gasteiger partial charge in [0.1, 0.15) is 5.67 Å². The average molecular weight is 444 g/mol. The Hall–Kier alpha value is -2.12. The fourth-order valence-electron chi connectivity index (χ4n) is 3.97. The number of hydrogen-bond acceptors (Lipinski definition) is 5. The second-order valence-electron chi connectivity index (χ2n) is 8.28. The van der Waals surface area contributed by atoms with Crippen LogP contribution in [0.25, 0.3) is 10.2 Å². The number of alkyl halides is 1. The number of likely N-dealkylation sites (tertiary alicyclic amines) is 1. The number of carbonyl (C=O) groups excluding carboxylic acids is 1. The molecule has 0 aliphatic carbocycles. The summed E-state index contributed by atoms with van der Waals surface area (Å²) in [5.41, 5.74) is 3.28. The van der Waals surface area contributed by atoms with Crippen molar-refractivity contribution in [1.29, 1.82) is 0 Å². The minimum atomic E-state index is -1.13. The molecule has 158 valence electrons. The Morgan fingerprint density at radius 3 is 2.67 bits per heavy atom. The normalized spacial score (nSPS) is 16.2. The number of carbonyl (C=O) groups is 1. The lowest BCUT2D eigenvalue weighted by molar-refractivity contribution is 0.0339. The highest BCUT2D eigenvalue weighted by molar-refractivity contribution is 8.00. The van der Waals surface area contributed by atoms with Gasteiger partial charge >= 0.3 is 0 Å². The van der Waals surface area contributed by atoms with Crippen LogP contribution in [0.3, 0.4) is 0 Å². The predicted molar refractivity (Wildman–Crippen MR) is 124 cm³/mol. The topological polar surface area (TPSA) is 45.2 Å². The maximum absolute atomic E-state index is 14.9. The van der Waals surface area contributed by atoms with E-state index in [1.54, 1.807) is 16.2 Å². The summed E-state index contributed by atoms with van der Waals surface area (Å²) in [5.74, 6) is 0.311. The third-order valence-corrected chi connectivity index (χ3v) is 7.14. The van der Waals surface area contributed by atoms with E-state index in [0.717, 1.165) is 20.8 Å². The summed E-state index contributed by atoms with van der Waals surface area (Å²) < 4.78 is 19.4. The van der Waals surface area contributed by atoms with Crippen molar-refractivity contribution in [2.75, 3.05) is 17.8 Å². The number of amides is 1. The molecule has 0 spiro atoms. The average Bonchev–Trinajstić information content (AvgIpc) is 3.21. The number of benzene rings is 2. The molecule has 4 rings (SSSR count). The Morgan fingerprint density at radius 1 is 1.23 bits per heavy atom. The van der Waals surface area contributed by atoms with Crippen LogP contribution in [0.4, 0.5) is 10.1 Å². The predicted octanol–water partition coefficient (Wildman–Crippen LogP) is 6.41. The number of anilines is 1. The molecule has 1 aromatic heterocycles. The first kappa shape index (κ1) is 21.1. The molecule has 0 radical (unpaired) electrons. The third kappa shape index (κ3) is 4.78. The van der Waals surface area contributed by atoms with Crippen LogP contribution in [-0.2, 0) is 0 Å². The van der Waals surface area contributed by atoms with Gasteiger partial charge in [-0.15, -0.1) is 11.3 Å². The smallest absolute Gasteiger partial charge is 0.253 e. The van der Waals surface area contributed by atoms with Crippen LogP contribution in [0.5, 0.6) is 0 Å². The zero-order valence-corrected chi connectivity index (χ0v) is 18.9. The van der Waals surface area contributed by atoms with E-state index in [1.807, 2.05) is 55.8 Å². The second-order valence-corrected chi connectivity index (χ2v) is 10.0. The van der Waals surface area contributed by atoms with Gasteiger partial charge in [-0.2, -0.15) is 0 Å². The lowest BCUT2D eigenvalue weighted by atomic mass is 9.85. The lowest BCUT2D eigenvalue weighted by Crippen LogP contribution is -2.45. The monoisotopic (exact) mass is 443 g/mol. The fourth-order valence-corrected chi connectivity index (χ4v) is 5.50. The summed E-state index contributed by atoms with van der Waals surface area (Å²) in [5, 5.41) is 0. The molecule has 1 saturated heterocycles. The van der Waals surface area contributed by atoms with Crippen LogP contribution >= 0.6 is 23.3 Å². The third-order valence-electron chi connectivity index (χ3n) is 5.45. The van der Waals surface area contributed by atoms with Crippen LogP contribution < -0.4 is 4.72 Å². The molecule has 0 saturated carbocycles. The molecule has 0 atom stereocenters. The molecular formula is C23H26FN3OS2. The molecule has 2 heterocycles. The molecule has 0 bridgehead atoms. The Kier molecular flexibility index (Phi) is 6.29. The number of halogens is 1. The number of para-hydroxylation sites is 1. The number of rotatable bonds is 6. The molecule has 1 aliphatic rings. The summed E-state index contributed by atoms with van der Waals surface area (Å²) >= 11 is 3.14.